The van der Waals surface area contributed by atoms with Crippen molar-refractivity contribution >= 4 is 27.9 Å². The third-order valence-corrected chi connectivity index (χ3v) is 5.15. The standard InChI is InChI=1S/C19H16BrF3N2O3/c1-18(12-5-7-13(8-6-12)19(21,22)23)16(27)25(17(28)24-18)10-15(26)11-3-2-4-14(20)9-11/h2-9,15,26H,10H2,1H3,(H,24,28). The highest BCUT2D eigenvalue weighted by molar-refractivity contribution is 9.10. The lowest BCUT2D eigenvalue weighted by Crippen LogP contribution is -2.41. The zero-order valence-electron chi connectivity index (χ0n) is 14.6. The molecular weight excluding hydrogens is 441 g/mol. The van der Waals surface area contributed by atoms with E-state index in [1.54, 1.807) is 24.3 Å². The number of halogens is 4. The van der Waals surface area contributed by atoms with Crippen molar-refractivity contribution in [3.63, 3.8) is 0 Å². The number of nitrogens with one attached hydrogen (secondary N) is 1. The number of rotatable bonds is 4. The van der Waals surface area contributed by atoms with Crippen LogP contribution in [0.3, 0.4) is 0 Å². The Morgan fingerprint density at radius 1 is 1.18 bits per heavy atom. The lowest BCUT2D eigenvalue weighted by atomic mass is 9.91. The summed E-state index contributed by atoms with van der Waals surface area (Å²) >= 11 is 3.28. The van der Waals surface area contributed by atoms with Gasteiger partial charge in [0.15, 0.2) is 0 Å². The zero-order valence-corrected chi connectivity index (χ0v) is 16.2. The van der Waals surface area contributed by atoms with Gasteiger partial charge < -0.3 is 10.4 Å². The first-order valence-electron chi connectivity index (χ1n) is 8.28. The number of hydrogen-bond acceptors (Lipinski definition) is 3. The highest BCUT2D eigenvalue weighted by atomic mass is 79.9. The number of alkyl halides is 3. The van der Waals surface area contributed by atoms with Crippen molar-refractivity contribution in [3.05, 3.63) is 69.7 Å². The number of benzene rings is 2. The van der Waals surface area contributed by atoms with Gasteiger partial charge in [-0.25, -0.2) is 4.79 Å². The summed E-state index contributed by atoms with van der Waals surface area (Å²) in [7, 11) is 0. The Morgan fingerprint density at radius 2 is 1.82 bits per heavy atom. The average molecular weight is 457 g/mol. The van der Waals surface area contributed by atoms with Crippen LogP contribution >= 0.6 is 15.9 Å². The van der Waals surface area contributed by atoms with Crippen molar-refractivity contribution in [2.24, 2.45) is 0 Å². The van der Waals surface area contributed by atoms with Crippen LogP contribution < -0.4 is 5.32 Å². The number of imide groups is 1. The van der Waals surface area contributed by atoms with Gasteiger partial charge in [-0.3, -0.25) is 9.69 Å². The fraction of sp³-hybridized carbons (Fsp3) is 0.263. The second kappa shape index (κ2) is 7.21. The van der Waals surface area contributed by atoms with Crippen LogP contribution in [0, 0.1) is 0 Å². The Morgan fingerprint density at radius 3 is 2.39 bits per heavy atom. The number of β-amino-alcohol motifs (C(OH)–C–C–N with tert-alkyl or cyclic N) is 1. The molecule has 9 heteroatoms. The molecule has 2 aromatic carbocycles. The number of nitrogens with zero attached hydrogens (tertiary/aromatic N) is 1. The molecular formula is C19H16BrF3N2O3. The number of aliphatic hydroxyl groups is 1. The van der Waals surface area contributed by atoms with Gasteiger partial charge in [-0.15, -0.1) is 0 Å². The molecule has 0 radical (unpaired) electrons. The fourth-order valence-corrected chi connectivity index (χ4v) is 3.46. The molecule has 2 unspecified atom stereocenters. The van der Waals surface area contributed by atoms with E-state index in [1.807, 2.05) is 0 Å². The van der Waals surface area contributed by atoms with Crippen molar-refractivity contribution in [2.75, 3.05) is 6.54 Å². The van der Waals surface area contributed by atoms with Crippen molar-refractivity contribution in [3.8, 4) is 0 Å². The Kier molecular flexibility index (Phi) is 5.24. The van der Waals surface area contributed by atoms with E-state index in [2.05, 4.69) is 21.2 Å². The van der Waals surface area contributed by atoms with Crippen molar-refractivity contribution in [1.29, 1.82) is 0 Å². The zero-order chi connectivity index (χ0) is 20.7. The van der Waals surface area contributed by atoms with Crippen LogP contribution in [0.4, 0.5) is 18.0 Å². The molecule has 2 aromatic rings. The van der Waals surface area contributed by atoms with E-state index >= 15 is 0 Å². The van der Waals surface area contributed by atoms with Crippen LogP contribution in [-0.2, 0) is 16.5 Å². The molecule has 1 aliphatic rings. The summed E-state index contributed by atoms with van der Waals surface area (Å²) in [5.74, 6) is -0.647. The number of amides is 3. The lowest BCUT2D eigenvalue weighted by molar-refractivity contribution is -0.137. The summed E-state index contributed by atoms with van der Waals surface area (Å²) in [5.41, 5.74) is -1.63. The van der Waals surface area contributed by atoms with Gasteiger partial charge in [0, 0.05) is 4.47 Å². The molecule has 0 saturated carbocycles. The summed E-state index contributed by atoms with van der Waals surface area (Å²) in [6, 6.07) is 10.1. The maximum absolute atomic E-state index is 12.9. The smallest absolute Gasteiger partial charge is 0.387 e. The molecule has 0 aromatic heterocycles. The Balaban J connectivity index is 1.82. The molecule has 3 rings (SSSR count). The third-order valence-electron chi connectivity index (χ3n) is 4.65. The normalized spacial score (nSPS) is 21.0. The van der Waals surface area contributed by atoms with Crippen LogP contribution in [0.15, 0.2) is 53.0 Å². The fourth-order valence-electron chi connectivity index (χ4n) is 3.04. The first-order valence-corrected chi connectivity index (χ1v) is 9.07. The maximum atomic E-state index is 12.9. The predicted octanol–water partition coefficient (Wildman–Crippen LogP) is 3.97. The van der Waals surface area contributed by atoms with Crippen LogP contribution in [-0.4, -0.2) is 28.5 Å². The Hall–Kier alpha value is -2.39. The van der Waals surface area contributed by atoms with Gasteiger partial charge in [0.25, 0.3) is 5.91 Å². The SMILES string of the molecule is CC1(c2ccc(C(F)(F)F)cc2)NC(=O)N(CC(O)c2cccc(Br)c2)C1=O. The first-order chi connectivity index (χ1) is 13.0. The second-order valence-electron chi connectivity index (χ2n) is 6.62. The van der Waals surface area contributed by atoms with E-state index in [4.69, 9.17) is 0 Å². The van der Waals surface area contributed by atoms with E-state index in [0.29, 0.717) is 5.56 Å². The molecule has 1 aliphatic heterocycles. The highest BCUT2D eigenvalue weighted by Crippen LogP contribution is 2.34. The van der Waals surface area contributed by atoms with Gasteiger partial charge >= 0.3 is 12.2 Å². The molecule has 2 N–H and O–H groups in total. The minimum Gasteiger partial charge on any atom is -0.387 e. The van der Waals surface area contributed by atoms with Gasteiger partial charge in [-0.05, 0) is 42.3 Å². The number of urea groups is 1. The van der Waals surface area contributed by atoms with Crippen LogP contribution in [0.5, 0.6) is 0 Å². The number of carbonyl (C=O) groups excluding carboxylic acids is 2. The Labute approximate surface area is 167 Å². The molecule has 1 heterocycles. The molecule has 1 saturated heterocycles. The summed E-state index contributed by atoms with van der Waals surface area (Å²) in [6.07, 6.45) is -5.61. The molecule has 28 heavy (non-hydrogen) atoms. The topological polar surface area (TPSA) is 69.6 Å². The summed E-state index contributed by atoms with van der Waals surface area (Å²) in [4.78, 5) is 26.0. The average Bonchev–Trinajstić information content (AvgIpc) is 2.85. The largest absolute Gasteiger partial charge is 0.416 e. The second-order valence-corrected chi connectivity index (χ2v) is 7.53. The molecule has 3 amide bonds. The molecule has 2 atom stereocenters. The minimum atomic E-state index is -4.50. The van der Waals surface area contributed by atoms with E-state index in [0.717, 1.165) is 33.6 Å². The molecule has 5 nitrogen and oxygen atoms in total. The predicted molar refractivity (Wildman–Crippen MR) is 98.1 cm³/mol. The number of hydrogen-bond donors (Lipinski definition) is 2. The van der Waals surface area contributed by atoms with Crippen molar-refractivity contribution < 1.29 is 27.9 Å². The highest BCUT2D eigenvalue weighted by Gasteiger charge is 2.49. The van der Waals surface area contributed by atoms with Gasteiger partial charge in [0.05, 0.1) is 18.2 Å². The number of aliphatic hydroxyl groups excluding tert-OH is 1. The van der Waals surface area contributed by atoms with Gasteiger partial charge in [0.1, 0.15) is 5.54 Å². The first kappa shape index (κ1) is 20.3. The van der Waals surface area contributed by atoms with Crippen molar-refractivity contribution in [1.82, 2.24) is 10.2 Å². The quantitative estimate of drug-likeness (QED) is 0.683. The molecule has 0 aliphatic carbocycles. The van der Waals surface area contributed by atoms with E-state index in [1.165, 1.54) is 6.92 Å². The van der Waals surface area contributed by atoms with Crippen LogP contribution in [0.1, 0.15) is 29.7 Å². The maximum Gasteiger partial charge on any atom is 0.416 e. The third kappa shape index (κ3) is 3.77. The molecule has 1 fully saturated rings. The molecule has 148 valence electrons. The lowest BCUT2D eigenvalue weighted by Gasteiger charge is -2.23. The summed E-state index contributed by atoms with van der Waals surface area (Å²) in [6.45, 7) is 1.14. The van der Waals surface area contributed by atoms with Gasteiger partial charge in [-0.2, -0.15) is 13.2 Å². The van der Waals surface area contributed by atoms with Crippen LogP contribution in [0.25, 0.3) is 0 Å². The molecule has 0 bridgehead atoms. The van der Waals surface area contributed by atoms with Crippen LogP contribution in [0.2, 0.25) is 0 Å². The van der Waals surface area contributed by atoms with Gasteiger partial charge in [-0.1, -0.05) is 40.2 Å². The summed E-state index contributed by atoms with van der Waals surface area (Å²) < 4.78 is 39.0. The van der Waals surface area contributed by atoms with E-state index in [-0.39, 0.29) is 12.1 Å². The van der Waals surface area contributed by atoms with Gasteiger partial charge in [0.2, 0.25) is 0 Å². The molecule has 0 spiro atoms. The summed E-state index contributed by atoms with van der Waals surface area (Å²) in [5, 5.41) is 12.9. The van der Waals surface area contributed by atoms with E-state index < -0.39 is 35.3 Å². The monoisotopic (exact) mass is 456 g/mol. The number of carbonyl (C=O) groups is 2. The van der Waals surface area contributed by atoms with Crippen molar-refractivity contribution in [2.45, 2.75) is 24.7 Å². The Bertz CT molecular complexity index is 917. The van der Waals surface area contributed by atoms with E-state index in [9.17, 15) is 27.9 Å². The minimum absolute atomic E-state index is 0.221.